The Labute approximate surface area is 97.5 Å². The van der Waals surface area contributed by atoms with E-state index in [1.807, 2.05) is 0 Å². The third kappa shape index (κ3) is 2.40. The van der Waals surface area contributed by atoms with Crippen molar-refractivity contribution in [2.45, 2.75) is 39.2 Å². The lowest BCUT2D eigenvalue weighted by Gasteiger charge is -2.34. The summed E-state index contributed by atoms with van der Waals surface area (Å²) in [7, 11) is 0. The molecular weight excluding hydrogens is 198 g/mol. The van der Waals surface area contributed by atoms with Gasteiger partial charge in [0.2, 0.25) is 0 Å². The molecule has 1 fully saturated rings. The second-order valence-corrected chi connectivity index (χ2v) is 5.18. The van der Waals surface area contributed by atoms with E-state index in [4.69, 9.17) is 5.73 Å². The fraction of sp³-hybridized carbons (Fsp3) is 0.692. The molecule has 0 bridgehead atoms. The van der Waals surface area contributed by atoms with Crippen LogP contribution in [0.3, 0.4) is 0 Å². The summed E-state index contributed by atoms with van der Waals surface area (Å²) in [6, 6.07) is 0.0589. The number of rotatable bonds is 2. The Balaban J connectivity index is 2.03. The molecule has 4 unspecified atom stereocenters. The van der Waals surface area contributed by atoms with Crippen molar-refractivity contribution < 1.29 is 0 Å². The highest BCUT2D eigenvalue weighted by Crippen LogP contribution is 2.38. The number of aromatic nitrogens is 2. The lowest BCUT2D eigenvalue weighted by atomic mass is 9.73. The third-order valence-electron chi connectivity index (χ3n) is 4.07. The minimum Gasteiger partial charge on any atom is -0.322 e. The standard InChI is InChI=1S/C13H21N3/c1-9-3-4-11(7-10(9)2)13(14)12-8-15-5-6-16-12/h5-6,8-11,13H,3-4,7,14H2,1-2H3. The molecule has 0 radical (unpaired) electrons. The minimum atomic E-state index is 0.0589. The van der Waals surface area contributed by atoms with Crippen LogP contribution in [0.25, 0.3) is 0 Å². The van der Waals surface area contributed by atoms with Crippen molar-refractivity contribution in [3.63, 3.8) is 0 Å². The summed E-state index contributed by atoms with van der Waals surface area (Å²) >= 11 is 0. The first-order valence-corrected chi connectivity index (χ1v) is 6.20. The number of nitrogens with two attached hydrogens (primary N) is 1. The quantitative estimate of drug-likeness (QED) is 0.831. The van der Waals surface area contributed by atoms with E-state index >= 15 is 0 Å². The maximum Gasteiger partial charge on any atom is 0.0756 e. The first-order valence-electron chi connectivity index (χ1n) is 6.20. The molecule has 3 nitrogen and oxygen atoms in total. The van der Waals surface area contributed by atoms with Gasteiger partial charge in [-0.3, -0.25) is 9.97 Å². The Bertz CT molecular complexity index is 325. The van der Waals surface area contributed by atoms with Gasteiger partial charge < -0.3 is 5.73 Å². The zero-order valence-electron chi connectivity index (χ0n) is 10.1. The molecule has 4 atom stereocenters. The summed E-state index contributed by atoms with van der Waals surface area (Å²) in [6.45, 7) is 4.68. The molecule has 1 aliphatic rings. The minimum absolute atomic E-state index is 0.0589. The topological polar surface area (TPSA) is 51.8 Å². The van der Waals surface area contributed by atoms with Crippen molar-refractivity contribution in [3.05, 3.63) is 24.3 Å². The monoisotopic (exact) mass is 219 g/mol. The van der Waals surface area contributed by atoms with Crippen molar-refractivity contribution in [2.75, 3.05) is 0 Å². The Kier molecular flexibility index (Phi) is 3.54. The molecule has 2 rings (SSSR count). The highest BCUT2D eigenvalue weighted by Gasteiger charge is 2.29. The van der Waals surface area contributed by atoms with E-state index in [0.29, 0.717) is 5.92 Å². The smallest absolute Gasteiger partial charge is 0.0756 e. The summed E-state index contributed by atoms with van der Waals surface area (Å²) in [6.07, 6.45) is 8.96. The van der Waals surface area contributed by atoms with Crippen LogP contribution in [-0.2, 0) is 0 Å². The van der Waals surface area contributed by atoms with Crippen molar-refractivity contribution in [1.29, 1.82) is 0 Å². The predicted octanol–water partition coefficient (Wildman–Crippen LogP) is 2.55. The molecule has 0 spiro atoms. The second-order valence-electron chi connectivity index (χ2n) is 5.18. The average molecular weight is 219 g/mol. The molecule has 0 aliphatic heterocycles. The summed E-state index contributed by atoms with van der Waals surface area (Å²) in [4.78, 5) is 8.40. The van der Waals surface area contributed by atoms with Gasteiger partial charge in [-0.1, -0.05) is 20.3 Å². The summed E-state index contributed by atoms with van der Waals surface area (Å²) in [5.41, 5.74) is 7.21. The molecule has 16 heavy (non-hydrogen) atoms. The Morgan fingerprint density at radius 2 is 2.06 bits per heavy atom. The molecule has 1 saturated carbocycles. The van der Waals surface area contributed by atoms with Crippen LogP contribution in [0.2, 0.25) is 0 Å². The fourth-order valence-corrected chi connectivity index (χ4v) is 2.64. The highest BCUT2D eigenvalue weighted by molar-refractivity contribution is 5.04. The molecule has 2 N–H and O–H groups in total. The zero-order valence-corrected chi connectivity index (χ0v) is 10.1. The van der Waals surface area contributed by atoms with E-state index < -0.39 is 0 Å². The summed E-state index contributed by atoms with van der Waals surface area (Å²) in [5, 5.41) is 0. The van der Waals surface area contributed by atoms with Gasteiger partial charge in [0.05, 0.1) is 11.7 Å². The number of nitrogens with zero attached hydrogens (tertiary/aromatic N) is 2. The van der Waals surface area contributed by atoms with Gasteiger partial charge in [-0.05, 0) is 30.6 Å². The summed E-state index contributed by atoms with van der Waals surface area (Å²) in [5.74, 6) is 2.19. The molecule has 0 amide bonds. The molecule has 1 aromatic heterocycles. The van der Waals surface area contributed by atoms with Crippen LogP contribution in [0.1, 0.15) is 44.8 Å². The lowest BCUT2D eigenvalue weighted by Crippen LogP contribution is -2.30. The SMILES string of the molecule is CC1CCC(C(N)c2cnccn2)CC1C. The number of hydrogen-bond acceptors (Lipinski definition) is 3. The lowest BCUT2D eigenvalue weighted by molar-refractivity contribution is 0.184. The van der Waals surface area contributed by atoms with E-state index in [1.165, 1.54) is 19.3 Å². The van der Waals surface area contributed by atoms with E-state index in [1.54, 1.807) is 18.6 Å². The third-order valence-corrected chi connectivity index (χ3v) is 4.07. The molecule has 3 heteroatoms. The van der Waals surface area contributed by atoms with Gasteiger partial charge in [-0.15, -0.1) is 0 Å². The number of hydrogen-bond donors (Lipinski definition) is 1. The molecule has 88 valence electrons. The van der Waals surface area contributed by atoms with Gasteiger partial charge in [0.15, 0.2) is 0 Å². The molecule has 0 saturated heterocycles. The van der Waals surface area contributed by atoms with Crippen LogP contribution in [0.15, 0.2) is 18.6 Å². The van der Waals surface area contributed by atoms with Crippen LogP contribution in [0.5, 0.6) is 0 Å². The van der Waals surface area contributed by atoms with Gasteiger partial charge in [0.25, 0.3) is 0 Å². The molecule has 0 aromatic carbocycles. The molecule has 1 aliphatic carbocycles. The van der Waals surface area contributed by atoms with Crippen LogP contribution in [-0.4, -0.2) is 9.97 Å². The second kappa shape index (κ2) is 4.91. The van der Waals surface area contributed by atoms with E-state index in [9.17, 15) is 0 Å². The fourth-order valence-electron chi connectivity index (χ4n) is 2.64. The summed E-state index contributed by atoms with van der Waals surface area (Å²) < 4.78 is 0. The van der Waals surface area contributed by atoms with Crippen molar-refractivity contribution in [2.24, 2.45) is 23.5 Å². The maximum absolute atomic E-state index is 6.27. The van der Waals surface area contributed by atoms with Gasteiger partial charge in [0.1, 0.15) is 0 Å². The average Bonchev–Trinajstić information content (AvgIpc) is 2.33. The van der Waals surface area contributed by atoms with E-state index in [0.717, 1.165) is 17.5 Å². The van der Waals surface area contributed by atoms with Crippen LogP contribution >= 0.6 is 0 Å². The molecule has 1 heterocycles. The van der Waals surface area contributed by atoms with E-state index in [-0.39, 0.29) is 6.04 Å². The molecular formula is C13H21N3. The first-order chi connectivity index (χ1) is 7.68. The highest BCUT2D eigenvalue weighted by atomic mass is 14.8. The van der Waals surface area contributed by atoms with Gasteiger partial charge >= 0.3 is 0 Å². The van der Waals surface area contributed by atoms with Crippen LogP contribution < -0.4 is 5.73 Å². The maximum atomic E-state index is 6.27. The zero-order chi connectivity index (χ0) is 11.5. The normalized spacial score (nSPS) is 32.3. The van der Waals surface area contributed by atoms with Gasteiger partial charge in [0, 0.05) is 18.6 Å². The Morgan fingerprint density at radius 3 is 2.69 bits per heavy atom. The van der Waals surface area contributed by atoms with Crippen molar-refractivity contribution >= 4 is 0 Å². The van der Waals surface area contributed by atoms with Crippen LogP contribution in [0, 0.1) is 17.8 Å². The Morgan fingerprint density at radius 1 is 1.25 bits per heavy atom. The predicted molar refractivity (Wildman–Crippen MR) is 64.6 cm³/mol. The van der Waals surface area contributed by atoms with Crippen LogP contribution in [0.4, 0.5) is 0 Å². The van der Waals surface area contributed by atoms with Gasteiger partial charge in [-0.25, -0.2) is 0 Å². The Hall–Kier alpha value is -0.960. The van der Waals surface area contributed by atoms with Gasteiger partial charge in [-0.2, -0.15) is 0 Å². The van der Waals surface area contributed by atoms with Crippen molar-refractivity contribution in [1.82, 2.24) is 9.97 Å². The first kappa shape index (κ1) is 11.5. The van der Waals surface area contributed by atoms with Crippen molar-refractivity contribution in [3.8, 4) is 0 Å². The molecule has 1 aromatic rings. The van der Waals surface area contributed by atoms with E-state index in [2.05, 4.69) is 23.8 Å². The largest absolute Gasteiger partial charge is 0.322 e.